The second-order valence-electron chi connectivity index (χ2n) is 2.66. The molecule has 0 spiro atoms. The van der Waals surface area contributed by atoms with E-state index in [4.69, 9.17) is 5.73 Å². The summed E-state index contributed by atoms with van der Waals surface area (Å²) in [5.41, 5.74) is 4.96. The molecule has 6 heteroatoms. The number of hydrogen-bond donors (Lipinski definition) is 1. The minimum Gasteiger partial charge on any atom is -0.362 e. The molecule has 1 unspecified atom stereocenters. The van der Waals surface area contributed by atoms with Gasteiger partial charge in [0.05, 0.1) is 6.61 Å². The third kappa shape index (κ3) is 3.28. The van der Waals surface area contributed by atoms with Crippen molar-refractivity contribution in [2.75, 3.05) is 6.54 Å². The van der Waals surface area contributed by atoms with Crippen LogP contribution in [-0.2, 0) is 11.3 Å². The van der Waals surface area contributed by atoms with Crippen LogP contribution in [-0.4, -0.2) is 18.8 Å². The molecule has 80 valence electrons. The summed E-state index contributed by atoms with van der Waals surface area (Å²) in [5.74, 6) is 0. The van der Waals surface area contributed by atoms with E-state index in [1.165, 1.54) is 11.3 Å². The van der Waals surface area contributed by atoms with Crippen molar-refractivity contribution in [3.05, 3.63) is 22.4 Å². The van der Waals surface area contributed by atoms with E-state index in [2.05, 4.69) is 4.74 Å². The highest BCUT2D eigenvalue weighted by molar-refractivity contribution is 7.09. The van der Waals surface area contributed by atoms with Gasteiger partial charge in [-0.05, 0) is 11.4 Å². The minimum atomic E-state index is -4.38. The summed E-state index contributed by atoms with van der Waals surface area (Å²) in [7, 11) is 0. The predicted molar refractivity (Wildman–Crippen MR) is 48.0 cm³/mol. The molecule has 0 radical (unpaired) electrons. The summed E-state index contributed by atoms with van der Waals surface area (Å²) < 4.78 is 41.1. The molecule has 0 fully saturated rings. The lowest BCUT2D eigenvalue weighted by atomic mass is 10.3. The third-order valence-electron chi connectivity index (χ3n) is 1.59. The highest BCUT2D eigenvalue weighted by Gasteiger charge is 2.39. The van der Waals surface area contributed by atoms with Crippen LogP contribution in [0.25, 0.3) is 0 Å². The molecular formula is C8H10F3NOS. The van der Waals surface area contributed by atoms with Crippen LogP contribution in [0.4, 0.5) is 13.2 Å². The van der Waals surface area contributed by atoms with Crippen molar-refractivity contribution in [2.24, 2.45) is 5.73 Å². The third-order valence-corrected chi connectivity index (χ3v) is 2.44. The van der Waals surface area contributed by atoms with Crippen molar-refractivity contribution in [3.8, 4) is 0 Å². The van der Waals surface area contributed by atoms with Crippen molar-refractivity contribution >= 4 is 11.3 Å². The highest BCUT2D eigenvalue weighted by atomic mass is 32.1. The van der Waals surface area contributed by atoms with Crippen LogP contribution in [0.2, 0.25) is 0 Å². The molecule has 1 aromatic rings. The largest absolute Gasteiger partial charge is 0.415 e. The Balaban J connectivity index is 2.43. The summed E-state index contributed by atoms with van der Waals surface area (Å²) in [6, 6.07) is 3.48. The van der Waals surface area contributed by atoms with Crippen molar-refractivity contribution in [2.45, 2.75) is 18.9 Å². The van der Waals surface area contributed by atoms with E-state index >= 15 is 0 Å². The maximum absolute atomic E-state index is 12.1. The average Bonchev–Trinajstić information content (AvgIpc) is 2.55. The number of hydrogen-bond acceptors (Lipinski definition) is 3. The van der Waals surface area contributed by atoms with Gasteiger partial charge in [0.15, 0.2) is 6.10 Å². The van der Waals surface area contributed by atoms with E-state index in [9.17, 15) is 13.2 Å². The summed E-state index contributed by atoms with van der Waals surface area (Å²) in [5, 5.41) is 1.78. The average molecular weight is 225 g/mol. The number of nitrogens with two attached hydrogens (primary N) is 1. The molecule has 1 aromatic heterocycles. The molecule has 0 aliphatic heterocycles. The van der Waals surface area contributed by atoms with E-state index in [-0.39, 0.29) is 6.61 Å². The lowest BCUT2D eigenvalue weighted by molar-refractivity contribution is -0.219. The minimum absolute atomic E-state index is 0.0426. The molecule has 0 aromatic carbocycles. The molecule has 0 aliphatic carbocycles. The van der Waals surface area contributed by atoms with Crippen LogP contribution in [0, 0.1) is 0 Å². The van der Waals surface area contributed by atoms with Gasteiger partial charge in [0.2, 0.25) is 0 Å². The highest BCUT2D eigenvalue weighted by Crippen LogP contribution is 2.23. The Morgan fingerprint density at radius 1 is 1.50 bits per heavy atom. The van der Waals surface area contributed by atoms with Crippen LogP contribution in [0.5, 0.6) is 0 Å². The first-order valence-corrected chi connectivity index (χ1v) is 4.82. The van der Waals surface area contributed by atoms with Crippen LogP contribution < -0.4 is 5.73 Å². The second-order valence-corrected chi connectivity index (χ2v) is 3.69. The number of halogens is 3. The molecule has 14 heavy (non-hydrogen) atoms. The zero-order valence-corrected chi connectivity index (χ0v) is 8.07. The molecule has 1 atom stereocenters. The normalized spacial score (nSPS) is 14.3. The number of alkyl halides is 3. The number of rotatable bonds is 4. The van der Waals surface area contributed by atoms with Crippen LogP contribution in [0.15, 0.2) is 17.5 Å². The SMILES string of the molecule is NCC(OCc1cccs1)C(F)(F)F. The fourth-order valence-corrected chi connectivity index (χ4v) is 1.50. The van der Waals surface area contributed by atoms with E-state index in [0.717, 1.165) is 4.88 Å². The molecule has 2 N–H and O–H groups in total. The Morgan fingerprint density at radius 3 is 2.64 bits per heavy atom. The zero-order chi connectivity index (χ0) is 10.6. The summed E-state index contributed by atoms with van der Waals surface area (Å²) in [6.07, 6.45) is -6.25. The molecule has 2 nitrogen and oxygen atoms in total. The zero-order valence-electron chi connectivity index (χ0n) is 7.25. The molecule has 1 heterocycles. The fourth-order valence-electron chi connectivity index (χ4n) is 0.874. The first kappa shape index (κ1) is 11.5. The van der Waals surface area contributed by atoms with E-state index < -0.39 is 18.8 Å². The van der Waals surface area contributed by atoms with Gasteiger partial charge in [-0.1, -0.05) is 6.07 Å². The van der Waals surface area contributed by atoms with Gasteiger partial charge < -0.3 is 10.5 Å². The summed E-state index contributed by atoms with van der Waals surface area (Å²) in [4.78, 5) is 0.757. The monoisotopic (exact) mass is 225 g/mol. The van der Waals surface area contributed by atoms with Gasteiger partial charge in [-0.15, -0.1) is 11.3 Å². The van der Waals surface area contributed by atoms with Crippen molar-refractivity contribution < 1.29 is 17.9 Å². The molecule has 1 rings (SSSR count). The Kier molecular flexibility index (Phi) is 3.91. The van der Waals surface area contributed by atoms with E-state index in [1.54, 1.807) is 17.5 Å². The first-order valence-electron chi connectivity index (χ1n) is 3.95. The predicted octanol–water partition coefficient (Wildman–Crippen LogP) is 2.15. The molecule has 0 saturated carbocycles. The van der Waals surface area contributed by atoms with Gasteiger partial charge in [0.25, 0.3) is 0 Å². The van der Waals surface area contributed by atoms with Crippen molar-refractivity contribution in [1.82, 2.24) is 0 Å². The molecule has 0 bridgehead atoms. The quantitative estimate of drug-likeness (QED) is 0.852. The summed E-state index contributed by atoms with van der Waals surface area (Å²) in [6.45, 7) is -0.589. The Bertz CT molecular complexity index is 260. The Morgan fingerprint density at radius 2 is 2.21 bits per heavy atom. The Labute approximate surface area is 83.5 Å². The van der Waals surface area contributed by atoms with Gasteiger partial charge in [-0.3, -0.25) is 0 Å². The van der Waals surface area contributed by atoms with Gasteiger partial charge in [0, 0.05) is 11.4 Å². The molecule has 0 saturated heterocycles. The topological polar surface area (TPSA) is 35.2 Å². The number of thiophene rings is 1. The standard InChI is InChI=1S/C8H10F3NOS/c9-8(10,11)7(4-12)13-5-6-2-1-3-14-6/h1-3,7H,4-5,12H2. The van der Waals surface area contributed by atoms with Crippen LogP contribution in [0.3, 0.4) is 0 Å². The maximum Gasteiger partial charge on any atom is 0.415 e. The van der Waals surface area contributed by atoms with Crippen LogP contribution >= 0.6 is 11.3 Å². The maximum atomic E-state index is 12.1. The van der Waals surface area contributed by atoms with Crippen molar-refractivity contribution in [1.29, 1.82) is 0 Å². The molecular weight excluding hydrogens is 215 g/mol. The van der Waals surface area contributed by atoms with Gasteiger partial charge in [-0.25, -0.2) is 0 Å². The number of ether oxygens (including phenoxy) is 1. The van der Waals surface area contributed by atoms with Crippen molar-refractivity contribution in [3.63, 3.8) is 0 Å². The fraction of sp³-hybridized carbons (Fsp3) is 0.500. The van der Waals surface area contributed by atoms with Crippen LogP contribution in [0.1, 0.15) is 4.88 Å². The Hall–Kier alpha value is -0.590. The lowest BCUT2D eigenvalue weighted by Gasteiger charge is -2.18. The second kappa shape index (κ2) is 4.77. The first-order chi connectivity index (χ1) is 6.54. The van der Waals surface area contributed by atoms with Gasteiger partial charge in [-0.2, -0.15) is 13.2 Å². The lowest BCUT2D eigenvalue weighted by Crippen LogP contribution is -2.38. The molecule has 0 amide bonds. The smallest absolute Gasteiger partial charge is 0.362 e. The molecule has 0 aliphatic rings. The van der Waals surface area contributed by atoms with E-state index in [0.29, 0.717) is 0 Å². The van der Waals surface area contributed by atoms with E-state index in [1.807, 2.05) is 0 Å². The van der Waals surface area contributed by atoms with Gasteiger partial charge >= 0.3 is 6.18 Å². The summed E-state index contributed by atoms with van der Waals surface area (Å²) >= 11 is 1.35. The van der Waals surface area contributed by atoms with Gasteiger partial charge in [0.1, 0.15) is 0 Å².